The van der Waals surface area contributed by atoms with Gasteiger partial charge in [0, 0.05) is 11.3 Å². The summed E-state index contributed by atoms with van der Waals surface area (Å²) in [5.41, 5.74) is 1.02. The van der Waals surface area contributed by atoms with Crippen molar-refractivity contribution < 1.29 is 28.5 Å². The first kappa shape index (κ1) is 22.8. The van der Waals surface area contributed by atoms with Crippen LogP contribution in [0, 0.1) is 0 Å². The van der Waals surface area contributed by atoms with Crippen LogP contribution in [0.2, 0.25) is 0 Å². The minimum Gasteiger partial charge on any atom is -0.493 e. The molecule has 0 saturated carbocycles. The molecule has 3 aromatic rings. The second kappa shape index (κ2) is 10.1. The standard InChI is InChI=1S/C23H22N2O6S2/c1-28-17-10-14(11-18(29-2)22(17)30-3)23(27)31-13-21(26)25-16(20-7-5-9-33-20)12-15(24-25)19-6-4-8-32-19/h4-11,16H,12-13H2,1-3H3. The maximum absolute atomic E-state index is 13.0. The van der Waals surface area contributed by atoms with Gasteiger partial charge in [0.25, 0.3) is 5.91 Å². The summed E-state index contributed by atoms with van der Waals surface area (Å²) in [5, 5.41) is 9.92. The van der Waals surface area contributed by atoms with E-state index in [9.17, 15) is 9.59 Å². The summed E-state index contributed by atoms with van der Waals surface area (Å²) in [5.74, 6) is -0.0909. The predicted molar refractivity (Wildman–Crippen MR) is 126 cm³/mol. The van der Waals surface area contributed by atoms with Crippen LogP contribution in [0.1, 0.15) is 32.6 Å². The molecule has 1 amide bonds. The Morgan fingerprint density at radius 3 is 2.30 bits per heavy atom. The lowest BCUT2D eigenvalue weighted by atomic mass is 10.1. The SMILES string of the molecule is COc1cc(C(=O)OCC(=O)N2N=C(c3cccs3)CC2c2cccs2)cc(OC)c1OC. The molecule has 0 fully saturated rings. The van der Waals surface area contributed by atoms with Crippen molar-refractivity contribution >= 4 is 40.3 Å². The quantitative estimate of drug-likeness (QED) is 0.440. The molecule has 4 rings (SSSR count). The molecule has 172 valence electrons. The van der Waals surface area contributed by atoms with Crippen molar-refractivity contribution in [2.75, 3.05) is 27.9 Å². The summed E-state index contributed by atoms with van der Waals surface area (Å²) in [6.45, 7) is -0.446. The maximum atomic E-state index is 13.0. The van der Waals surface area contributed by atoms with Crippen LogP contribution in [0.25, 0.3) is 0 Å². The van der Waals surface area contributed by atoms with E-state index in [0.717, 1.165) is 15.5 Å². The normalized spacial score (nSPS) is 15.2. The number of benzene rings is 1. The Labute approximate surface area is 199 Å². The summed E-state index contributed by atoms with van der Waals surface area (Å²) in [6.07, 6.45) is 0.605. The lowest BCUT2D eigenvalue weighted by Gasteiger charge is -2.20. The first-order valence-electron chi connectivity index (χ1n) is 9.99. The lowest BCUT2D eigenvalue weighted by Crippen LogP contribution is -2.31. The first-order chi connectivity index (χ1) is 16.0. The zero-order valence-corrected chi connectivity index (χ0v) is 19.9. The number of carbonyl (C=O) groups excluding carboxylic acids is 2. The topological polar surface area (TPSA) is 86.7 Å². The van der Waals surface area contributed by atoms with E-state index in [2.05, 4.69) is 5.10 Å². The Morgan fingerprint density at radius 2 is 1.73 bits per heavy atom. The van der Waals surface area contributed by atoms with Gasteiger partial charge in [-0.15, -0.1) is 22.7 Å². The van der Waals surface area contributed by atoms with Gasteiger partial charge in [-0.25, -0.2) is 9.80 Å². The van der Waals surface area contributed by atoms with E-state index in [0.29, 0.717) is 23.7 Å². The first-order valence-corrected chi connectivity index (χ1v) is 11.8. The van der Waals surface area contributed by atoms with Crippen LogP contribution in [0.3, 0.4) is 0 Å². The Kier molecular flexibility index (Phi) is 6.95. The fraction of sp³-hybridized carbons (Fsp3) is 0.261. The molecular formula is C23H22N2O6S2. The highest BCUT2D eigenvalue weighted by Crippen LogP contribution is 2.39. The van der Waals surface area contributed by atoms with Gasteiger partial charge in [-0.1, -0.05) is 12.1 Å². The number of nitrogens with zero attached hydrogens (tertiary/aromatic N) is 2. The highest BCUT2D eigenvalue weighted by molar-refractivity contribution is 7.12. The lowest BCUT2D eigenvalue weighted by molar-refractivity contribution is -0.136. The van der Waals surface area contributed by atoms with Gasteiger partial charge in [-0.2, -0.15) is 5.10 Å². The number of ether oxygens (including phenoxy) is 4. The fourth-order valence-corrected chi connectivity index (χ4v) is 5.04. The molecule has 0 bridgehead atoms. The number of esters is 1. The molecule has 0 spiro atoms. The van der Waals surface area contributed by atoms with E-state index >= 15 is 0 Å². The van der Waals surface area contributed by atoms with Crippen molar-refractivity contribution in [3.8, 4) is 17.2 Å². The van der Waals surface area contributed by atoms with Crippen molar-refractivity contribution in [1.82, 2.24) is 5.01 Å². The van der Waals surface area contributed by atoms with Gasteiger partial charge in [-0.3, -0.25) is 4.79 Å². The molecule has 8 nitrogen and oxygen atoms in total. The Hall–Kier alpha value is -3.37. The number of methoxy groups -OCH3 is 3. The van der Waals surface area contributed by atoms with Gasteiger partial charge in [-0.05, 0) is 35.0 Å². The zero-order valence-electron chi connectivity index (χ0n) is 18.3. The average molecular weight is 487 g/mol. The van der Waals surface area contributed by atoms with Crippen molar-refractivity contribution in [1.29, 1.82) is 0 Å². The van der Waals surface area contributed by atoms with E-state index < -0.39 is 18.5 Å². The van der Waals surface area contributed by atoms with Crippen molar-refractivity contribution in [3.63, 3.8) is 0 Å². The summed E-state index contributed by atoms with van der Waals surface area (Å²) in [6, 6.07) is 10.6. The number of hydrogen-bond acceptors (Lipinski definition) is 9. The molecule has 0 saturated heterocycles. The number of amides is 1. The molecule has 0 N–H and O–H groups in total. The molecule has 0 radical (unpaired) electrons. The summed E-state index contributed by atoms with van der Waals surface area (Å²) < 4.78 is 21.1. The Morgan fingerprint density at radius 1 is 1.03 bits per heavy atom. The smallest absolute Gasteiger partial charge is 0.338 e. The second-order valence-electron chi connectivity index (χ2n) is 6.99. The van der Waals surface area contributed by atoms with Gasteiger partial charge in [0.05, 0.1) is 43.5 Å². The molecule has 33 heavy (non-hydrogen) atoms. The summed E-state index contributed by atoms with van der Waals surface area (Å²) in [4.78, 5) is 27.8. The van der Waals surface area contributed by atoms with E-state index in [1.807, 2.05) is 35.0 Å². The molecule has 2 aromatic heterocycles. The van der Waals surface area contributed by atoms with Crippen molar-refractivity contribution in [2.45, 2.75) is 12.5 Å². The minimum atomic E-state index is -0.683. The van der Waals surface area contributed by atoms with E-state index in [4.69, 9.17) is 18.9 Å². The van der Waals surface area contributed by atoms with Crippen molar-refractivity contribution in [3.05, 3.63) is 62.5 Å². The molecule has 3 heterocycles. The molecule has 1 atom stereocenters. The van der Waals surface area contributed by atoms with E-state index in [-0.39, 0.29) is 11.6 Å². The maximum Gasteiger partial charge on any atom is 0.338 e. The van der Waals surface area contributed by atoms with Crippen LogP contribution in [-0.2, 0) is 9.53 Å². The third-order valence-electron chi connectivity index (χ3n) is 5.07. The van der Waals surface area contributed by atoms with Gasteiger partial charge in [0.2, 0.25) is 5.75 Å². The van der Waals surface area contributed by atoms with Crippen LogP contribution < -0.4 is 14.2 Å². The molecule has 1 aliphatic rings. The molecular weight excluding hydrogens is 464 g/mol. The van der Waals surface area contributed by atoms with Gasteiger partial charge in [0.15, 0.2) is 18.1 Å². The van der Waals surface area contributed by atoms with Gasteiger partial charge in [0.1, 0.15) is 0 Å². The van der Waals surface area contributed by atoms with E-state index in [1.165, 1.54) is 38.5 Å². The van der Waals surface area contributed by atoms with Crippen LogP contribution in [0.15, 0.2) is 52.3 Å². The minimum absolute atomic E-state index is 0.177. The third kappa shape index (κ3) is 4.71. The van der Waals surface area contributed by atoms with Crippen LogP contribution in [-0.4, -0.2) is 50.5 Å². The molecule has 1 aliphatic heterocycles. The highest BCUT2D eigenvalue weighted by Gasteiger charge is 2.34. The number of hydrogen-bond donors (Lipinski definition) is 0. The van der Waals surface area contributed by atoms with Crippen molar-refractivity contribution in [2.24, 2.45) is 5.10 Å². The molecule has 10 heteroatoms. The fourth-order valence-electron chi connectivity index (χ4n) is 3.51. The molecule has 1 aromatic carbocycles. The second-order valence-corrected chi connectivity index (χ2v) is 8.91. The number of carbonyl (C=O) groups is 2. The summed E-state index contributed by atoms with van der Waals surface area (Å²) >= 11 is 3.14. The molecule has 0 aliphatic carbocycles. The number of rotatable bonds is 8. The largest absolute Gasteiger partial charge is 0.493 e. The van der Waals surface area contributed by atoms with Gasteiger partial charge >= 0.3 is 5.97 Å². The van der Waals surface area contributed by atoms with Crippen LogP contribution in [0.4, 0.5) is 0 Å². The van der Waals surface area contributed by atoms with E-state index in [1.54, 1.807) is 22.7 Å². The Bertz CT molecular complexity index is 1130. The monoisotopic (exact) mass is 486 g/mol. The number of hydrazone groups is 1. The highest BCUT2D eigenvalue weighted by atomic mass is 32.1. The average Bonchev–Trinajstić information content (AvgIpc) is 3.61. The molecule has 1 unspecified atom stereocenters. The zero-order chi connectivity index (χ0) is 23.4. The van der Waals surface area contributed by atoms with Crippen LogP contribution in [0.5, 0.6) is 17.2 Å². The predicted octanol–water partition coefficient (Wildman–Crippen LogP) is 4.37. The van der Waals surface area contributed by atoms with Crippen LogP contribution >= 0.6 is 22.7 Å². The summed E-state index contributed by atoms with van der Waals surface area (Å²) in [7, 11) is 4.39. The number of thiophene rings is 2. The Balaban J connectivity index is 1.50. The van der Waals surface area contributed by atoms with Gasteiger partial charge < -0.3 is 18.9 Å². The third-order valence-corrected chi connectivity index (χ3v) is 6.96.